The maximum atomic E-state index is 12.2. The lowest BCUT2D eigenvalue weighted by Crippen LogP contribution is -2.29. The Kier molecular flexibility index (Phi) is 3.99. The van der Waals surface area contributed by atoms with Crippen molar-refractivity contribution in [1.29, 1.82) is 0 Å². The summed E-state index contributed by atoms with van der Waals surface area (Å²) in [7, 11) is 0. The number of amides is 1. The first-order valence-corrected chi connectivity index (χ1v) is 7.93. The van der Waals surface area contributed by atoms with Crippen LogP contribution in [0.4, 0.5) is 0 Å². The Balaban J connectivity index is 1.60. The smallest absolute Gasteiger partial charge is 0.261 e. The van der Waals surface area contributed by atoms with Crippen molar-refractivity contribution in [3.8, 4) is 0 Å². The number of hydrogen-bond donors (Lipinski definition) is 2. The summed E-state index contributed by atoms with van der Waals surface area (Å²) in [5.74, 6) is 0.0961. The Morgan fingerprint density at radius 2 is 2.21 bits per heavy atom. The molecule has 0 bridgehead atoms. The second-order valence-electron chi connectivity index (χ2n) is 5.27. The predicted molar refractivity (Wildman–Crippen MR) is 78.9 cm³/mol. The van der Waals surface area contributed by atoms with E-state index in [1.807, 2.05) is 0 Å². The molecule has 0 aromatic carbocycles. The van der Waals surface area contributed by atoms with Gasteiger partial charge in [-0.1, -0.05) is 11.6 Å². The van der Waals surface area contributed by atoms with Gasteiger partial charge < -0.3 is 10.6 Å². The van der Waals surface area contributed by atoms with Crippen LogP contribution in [-0.2, 0) is 12.8 Å². The predicted octanol–water partition coefficient (Wildman–Crippen LogP) is 2.28. The number of thiophene rings is 1. The molecule has 1 aliphatic carbocycles. The lowest BCUT2D eigenvalue weighted by molar-refractivity contribution is 0.0960. The molecule has 0 fully saturated rings. The van der Waals surface area contributed by atoms with E-state index in [9.17, 15) is 4.79 Å². The molecule has 1 aromatic heterocycles. The number of rotatable bonds is 3. The van der Waals surface area contributed by atoms with Gasteiger partial charge in [0, 0.05) is 18.0 Å². The fraction of sp³-hybridized carbons (Fsp3) is 0.533. The van der Waals surface area contributed by atoms with Crippen LogP contribution >= 0.6 is 11.3 Å². The van der Waals surface area contributed by atoms with Gasteiger partial charge in [0.25, 0.3) is 5.91 Å². The standard InChI is InChI=1S/C15H20N2OS/c18-15(17-10-11-5-7-16-8-6-11)14-9-12-3-1-2-4-13(12)19-14/h5,9,16H,1-4,6-8,10H2,(H,17,18). The van der Waals surface area contributed by atoms with Crippen LogP contribution in [-0.4, -0.2) is 25.5 Å². The first kappa shape index (κ1) is 12.9. The van der Waals surface area contributed by atoms with E-state index in [1.54, 1.807) is 11.3 Å². The highest BCUT2D eigenvalue weighted by atomic mass is 32.1. The van der Waals surface area contributed by atoms with Gasteiger partial charge in [0.1, 0.15) is 0 Å². The van der Waals surface area contributed by atoms with Crippen molar-refractivity contribution < 1.29 is 4.79 Å². The molecule has 4 heteroatoms. The number of carbonyl (C=O) groups is 1. The second-order valence-corrected chi connectivity index (χ2v) is 6.40. The molecular weight excluding hydrogens is 256 g/mol. The molecule has 1 aliphatic heterocycles. The fourth-order valence-corrected chi connectivity index (χ4v) is 3.88. The van der Waals surface area contributed by atoms with Gasteiger partial charge in [0.2, 0.25) is 0 Å². The van der Waals surface area contributed by atoms with Crippen molar-refractivity contribution >= 4 is 17.2 Å². The Morgan fingerprint density at radius 1 is 1.32 bits per heavy atom. The third-order valence-electron chi connectivity index (χ3n) is 3.85. The SMILES string of the molecule is O=C(NCC1=CCNCC1)c1cc2c(s1)CCCC2. The molecule has 1 aromatic rings. The molecule has 2 aliphatic rings. The Bertz CT molecular complexity index is 481. The molecule has 102 valence electrons. The minimum atomic E-state index is 0.0961. The van der Waals surface area contributed by atoms with E-state index in [-0.39, 0.29) is 5.91 Å². The molecule has 0 radical (unpaired) electrons. The Morgan fingerprint density at radius 3 is 3.00 bits per heavy atom. The van der Waals surface area contributed by atoms with E-state index in [0.29, 0.717) is 6.54 Å². The first-order valence-electron chi connectivity index (χ1n) is 7.11. The van der Waals surface area contributed by atoms with Crippen molar-refractivity contribution in [1.82, 2.24) is 10.6 Å². The number of carbonyl (C=O) groups excluding carboxylic acids is 1. The van der Waals surface area contributed by atoms with E-state index in [2.05, 4.69) is 22.8 Å². The van der Waals surface area contributed by atoms with E-state index in [0.717, 1.165) is 37.2 Å². The van der Waals surface area contributed by atoms with E-state index < -0.39 is 0 Å². The van der Waals surface area contributed by atoms with Gasteiger partial charge >= 0.3 is 0 Å². The molecular formula is C15H20N2OS. The molecule has 2 heterocycles. The molecule has 19 heavy (non-hydrogen) atoms. The molecule has 0 saturated carbocycles. The van der Waals surface area contributed by atoms with Gasteiger partial charge in [0.15, 0.2) is 0 Å². The van der Waals surface area contributed by atoms with Crippen LogP contribution < -0.4 is 10.6 Å². The molecule has 0 atom stereocenters. The van der Waals surface area contributed by atoms with Gasteiger partial charge in [-0.05, 0) is 50.3 Å². The maximum Gasteiger partial charge on any atom is 0.261 e. The lowest BCUT2D eigenvalue weighted by Gasteiger charge is -2.14. The maximum absolute atomic E-state index is 12.2. The van der Waals surface area contributed by atoms with E-state index >= 15 is 0 Å². The van der Waals surface area contributed by atoms with Crippen molar-refractivity contribution in [2.24, 2.45) is 0 Å². The quantitative estimate of drug-likeness (QED) is 0.832. The summed E-state index contributed by atoms with van der Waals surface area (Å²) in [6.45, 7) is 2.65. The summed E-state index contributed by atoms with van der Waals surface area (Å²) < 4.78 is 0. The van der Waals surface area contributed by atoms with Gasteiger partial charge in [-0.3, -0.25) is 4.79 Å². The zero-order valence-electron chi connectivity index (χ0n) is 11.1. The van der Waals surface area contributed by atoms with Crippen molar-refractivity contribution in [2.75, 3.05) is 19.6 Å². The van der Waals surface area contributed by atoms with Crippen LogP contribution in [0.2, 0.25) is 0 Å². The zero-order chi connectivity index (χ0) is 13.1. The minimum absolute atomic E-state index is 0.0961. The van der Waals surface area contributed by atoms with Crippen molar-refractivity contribution in [3.63, 3.8) is 0 Å². The molecule has 2 N–H and O–H groups in total. The summed E-state index contributed by atoms with van der Waals surface area (Å²) >= 11 is 1.69. The highest BCUT2D eigenvalue weighted by Crippen LogP contribution is 2.29. The molecule has 3 rings (SSSR count). The van der Waals surface area contributed by atoms with Gasteiger partial charge in [-0.15, -0.1) is 11.3 Å². The summed E-state index contributed by atoms with van der Waals surface area (Å²) in [6, 6.07) is 2.10. The summed E-state index contributed by atoms with van der Waals surface area (Å²) in [4.78, 5) is 14.5. The lowest BCUT2D eigenvalue weighted by atomic mass is 9.99. The number of fused-ring (bicyclic) bond motifs is 1. The molecule has 1 amide bonds. The highest BCUT2D eigenvalue weighted by Gasteiger charge is 2.17. The molecule has 3 nitrogen and oxygen atoms in total. The minimum Gasteiger partial charge on any atom is -0.348 e. The monoisotopic (exact) mass is 276 g/mol. The summed E-state index contributed by atoms with van der Waals surface area (Å²) in [6.07, 6.45) is 8.07. The first-order chi connectivity index (χ1) is 9.33. The third-order valence-corrected chi connectivity index (χ3v) is 5.09. The third kappa shape index (κ3) is 3.07. The summed E-state index contributed by atoms with van der Waals surface area (Å²) in [5, 5.41) is 6.33. The van der Waals surface area contributed by atoms with Gasteiger partial charge in [-0.2, -0.15) is 0 Å². The van der Waals surface area contributed by atoms with Crippen LogP contribution in [0.15, 0.2) is 17.7 Å². The Hall–Kier alpha value is -1.13. The molecule has 0 spiro atoms. The normalized spacial score (nSPS) is 18.6. The largest absolute Gasteiger partial charge is 0.348 e. The van der Waals surface area contributed by atoms with Gasteiger partial charge in [0.05, 0.1) is 4.88 Å². The van der Waals surface area contributed by atoms with E-state index in [4.69, 9.17) is 0 Å². The second kappa shape index (κ2) is 5.88. The fourth-order valence-electron chi connectivity index (χ4n) is 2.71. The Labute approximate surface area is 118 Å². The highest BCUT2D eigenvalue weighted by molar-refractivity contribution is 7.14. The van der Waals surface area contributed by atoms with Crippen LogP contribution in [0.1, 0.15) is 39.4 Å². The van der Waals surface area contributed by atoms with Crippen molar-refractivity contribution in [3.05, 3.63) is 33.0 Å². The van der Waals surface area contributed by atoms with Crippen LogP contribution in [0, 0.1) is 0 Å². The van der Waals surface area contributed by atoms with Crippen molar-refractivity contribution in [2.45, 2.75) is 32.1 Å². The zero-order valence-corrected chi connectivity index (χ0v) is 11.9. The number of nitrogens with one attached hydrogen (secondary N) is 2. The van der Waals surface area contributed by atoms with Crippen LogP contribution in [0.25, 0.3) is 0 Å². The molecule has 0 unspecified atom stereocenters. The average Bonchev–Trinajstić information content (AvgIpc) is 2.90. The van der Waals surface area contributed by atoms with Crippen LogP contribution in [0.3, 0.4) is 0 Å². The average molecular weight is 276 g/mol. The van der Waals surface area contributed by atoms with Gasteiger partial charge in [-0.25, -0.2) is 0 Å². The summed E-state index contributed by atoms with van der Waals surface area (Å²) in [5.41, 5.74) is 2.75. The van der Waals surface area contributed by atoms with Crippen LogP contribution in [0.5, 0.6) is 0 Å². The molecule has 0 saturated heterocycles. The number of aryl methyl sites for hydroxylation is 2. The van der Waals surface area contributed by atoms with E-state index in [1.165, 1.54) is 28.9 Å². The topological polar surface area (TPSA) is 41.1 Å². The number of hydrogen-bond acceptors (Lipinski definition) is 3.